The van der Waals surface area contributed by atoms with Crippen LogP contribution in [0.3, 0.4) is 0 Å². The number of carbonyl (C=O) groups is 2. The summed E-state index contributed by atoms with van der Waals surface area (Å²) in [6.07, 6.45) is 11.0. The molecule has 2 N–H and O–H groups in total. The van der Waals surface area contributed by atoms with Crippen LogP contribution in [0.15, 0.2) is 36.4 Å². The molecule has 4 rings (SSSR count). The molecule has 1 aliphatic rings. The number of hydrogen-bond acceptors (Lipinski definition) is 8. The zero-order valence-corrected chi connectivity index (χ0v) is 29.7. The molecule has 258 valence electrons. The molecular weight excluding hydrogens is 596 g/mol. The fourth-order valence-corrected chi connectivity index (χ4v) is 6.03. The van der Waals surface area contributed by atoms with Gasteiger partial charge in [0.2, 0.25) is 0 Å². The second kappa shape index (κ2) is 14.8. The summed E-state index contributed by atoms with van der Waals surface area (Å²) in [4.78, 5) is 39.0. The number of anilines is 1. The number of nitrogen functional groups attached to an aromatic ring is 1. The van der Waals surface area contributed by atoms with Crippen molar-refractivity contribution in [1.29, 1.82) is 0 Å². The summed E-state index contributed by atoms with van der Waals surface area (Å²) in [7, 11) is 1.89. The van der Waals surface area contributed by atoms with Crippen LogP contribution in [-0.2, 0) is 16.5 Å². The van der Waals surface area contributed by atoms with Crippen molar-refractivity contribution in [2.24, 2.45) is 13.0 Å². The van der Waals surface area contributed by atoms with Gasteiger partial charge >= 0.3 is 12.2 Å². The predicted molar refractivity (Wildman–Crippen MR) is 185 cm³/mol. The normalized spacial score (nSPS) is 17.3. The Morgan fingerprint density at radius 3 is 2.30 bits per heavy atom. The summed E-state index contributed by atoms with van der Waals surface area (Å²) < 4.78 is 15.5. The second-order valence-electron chi connectivity index (χ2n) is 14.7. The summed E-state index contributed by atoms with van der Waals surface area (Å²) >= 11 is 0. The van der Waals surface area contributed by atoms with E-state index in [4.69, 9.17) is 15.2 Å². The van der Waals surface area contributed by atoms with Crippen LogP contribution in [0.2, 0.25) is 0 Å². The van der Waals surface area contributed by atoms with E-state index in [2.05, 4.69) is 38.8 Å². The third kappa shape index (κ3) is 9.71. The molecule has 3 aromatic rings. The molecule has 0 aromatic carbocycles. The van der Waals surface area contributed by atoms with E-state index >= 15 is 0 Å². The Bertz CT molecular complexity index is 1560. The highest BCUT2D eigenvalue weighted by Crippen LogP contribution is 2.40. The van der Waals surface area contributed by atoms with Crippen LogP contribution in [0.4, 0.5) is 15.4 Å². The highest BCUT2D eigenvalue weighted by atomic mass is 16.6. The Morgan fingerprint density at radius 2 is 1.68 bits per heavy atom. The maximum absolute atomic E-state index is 13.5. The SMILES string of the molecule is C/C=C(\C)CCN(CCCN(CC1CCC(n2cc(-c3ccn(C)n3)c3c(N)ncnc32)C1)C(=O)OC(C)(C)C)C(=O)OC(C)(C)C. The molecule has 2 amide bonds. The van der Waals surface area contributed by atoms with E-state index in [9.17, 15) is 9.59 Å². The molecule has 2 atom stereocenters. The Labute approximate surface area is 279 Å². The lowest BCUT2D eigenvalue weighted by atomic mass is 10.1. The zero-order valence-electron chi connectivity index (χ0n) is 29.7. The number of fused-ring (bicyclic) bond motifs is 1. The number of carbonyl (C=O) groups excluding carboxylic acids is 2. The van der Waals surface area contributed by atoms with Gasteiger partial charge in [0.1, 0.15) is 29.0 Å². The minimum absolute atomic E-state index is 0.187. The summed E-state index contributed by atoms with van der Waals surface area (Å²) in [6.45, 7) is 17.4. The van der Waals surface area contributed by atoms with Crippen LogP contribution in [0.5, 0.6) is 0 Å². The van der Waals surface area contributed by atoms with Crippen LogP contribution in [0.25, 0.3) is 22.3 Å². The van der Waals surface area contributed by atoms with Crippen LogP contribution >= 0.6 is 0 Å². The highest BCUT2D eigenvalue weighted by Gasteiger charge is 2.32. The second-order valence-corrected chi connectivity index (χ2v) is 14.7. The van der Waals surface area contributed by atoms with Gasteiger partial charge in [-0.05, 0) is 99.5 Å². The molecule has 0 saturated heterocycles. The maximum atomic E-state index is 13.5. The summed E-state index contributed by atoms with van der Waals surface area (Å²) in [5, 5.41) is 5.42. The van der Waals surface area contributed by atoms with Gasteiger partial charge in [0.05, 0.1) is 11.1 Å². The van der Waals surface area contributed by atoms with E-state index in [1.54, 1.807) is 9.58 Å². The maximum Gasteiger partial charge on any atom is 0.410 e. The molecule has 12 nitrogen and oxygen atoms in total. The Hall–Kier alpha value is -4.09. The largest absolute Gasteiger partial charge is 0.444 e. The molecule has 3 heterocycles. The van der Waals surface area contributed by atoms with Crippen molar-refractivity contribution < 1.29 is 19.1 Å². The monoisotopic (exact) mass is 650 g/mol. The van der Waals surface area contributed by atoms with E-state index in [1.165, 1.54) is 11.9 Å². The highest BCUT2D eigenvalue weighted by molar-refractivity contribution is 5.99. The lowest BCUT2D eigenvalue weighted by Gasteiger charge is -2.31. The smallest absolute Gasteiger partial charge is 0.410 e. The Morgan fingerprint density at radius 1 is 1.02 bits per heavy atom. The van der Waals surface area contributed by atoms with Crippen molar-refractivity contribution in [3.05, 3.63) is 36.4 Å². The summed E-state index contributed by atoms with van der Waals surface area (Å²) in [5.41, 5.74) is 8.89. The number of amides is 2. The topological polar surface area (TPSA) is 134 Å². The van der Waals surface area contributed by atoms with Crippen LogP contribution in [-0.4, -0.2) is 83.7 Å². The average Bonchev–Trinajstić information content (AvgIpc) is 3.70. The van der Waals surface area contributed by atoms with Crippen LogP contribution in [0, 0.1) is 5.92 Å². The molecule has 0 radical (unpaired) electrons. The van der Waals surface area contributed by atoms with Crippen molar-refractivity contribution in [3.63, 3.8) is 0 Å². The molecule has 12 heteroatoms. The van der Waals surface area contributed by atoms with E-state index < -0.39 is 11.2 Å². The number of ether oxygens (including phenoxy) is 2. The molecule has 1 saturated carbocycles. The molecule has 47 heavy (non-hydrogen) atoms. The number of rotatable bonds is 11. The first-order valence-electron chi connectivity index (χ1n) is 16.7. The van der Waals surface area contributed by atoms with Crippen LogP contribution in [0.1, 0.15) is 93.5 Å². The van der Waals surface area contributed by atoms with Crippen molar-refractivity contribution in [2.45, 2.75) is 105 Å². The molecule has 0 bridgehead atoms. The van der Waals surface area contributed by atoms with Crippen molar-refractivity contribution in [3.8, 4) is 11.3 Å². The molecule has 2 unspecified atom stereocenters. The molecule has 0 aliphatic heterocycles. The number of allylic oxidation sites excluding steroid dienone is 1. The first-order valence-corrected chi connectivity index (χ1v) is 16.7. The fourth-order valence-electron chi connectivity index (χ4n) is 6.03. The zero-order chi connectivity index (χ0) is 34.5. The minimum Gasteiger partial charge on any atom is -0.444 e. The van der Waals surface area contributed by atoms with E-state index in [0.29, 0.717) is 38.4 Å². The number of nitrogens with zero attached hydrogens (tertiary/aromatic N) is 7. The van der Waals surface area contributed by atoms with Crippen molar-refractivity contribution in [1.82, 2.24) is 34.1 Å². The standard InChI is InChI=1S/C35H54N8O4/c1-10-24(2)14-19-41(32(44)46-34(3,4)5)16-11-17-42(33(45)47-35(6,7)8)21-25-12-13-26(20-25)43-22-27(28-15-18-40(9)39-28)29-30(36)37-23-38-31(29)43/h10,15,18,22-23,25-26H,11-14,16-17,19-21H2,1-9H3,(H2,36,37,38)/b24-10+. The minimum atomic E-state index is -0.619. The van der Waals surface area contributed by atoms with Gasteiger partial charge in [0.15, 0.2) is 0 Å². The Balaban J connectivity index is 1.48. The van der Waals surface area contributed by atoms with Gasteiger partial charge < -0.3 is 29.6 Å². The summed E-state index contributed by atoms with van der Waals surface area (Å²) in [6, 6.07) is 2.15. The van der Waals surface area contributed by atoms with Crippen molar-refractivity contribution >= 4 is 29.0 Å². The molecular formula is C35H54N8O4. The quantitative estimate of drug-likeness (QED) is 0.220. The van der Waals surface area contributed by atoms with E-state index in [1.807, 2.05) is 72.7 Å². The van der Waals surface area contributed by atoms with Gasteiger partial charge in [-0.15, -0.1) is 0 Å². The third-order valence-electron chi connectivity index (χ3n) is 8.44. The molecule has 1 aliphatic carbocycles. The van der Waals surface area contributed by atoms with E-state index in [-0.39, 0.29) is 24.1 Å². The first kappa shape index (κ1) is 35.8. The van der Waals surface area contributed by atoms with E-state index in [0.717, 1.165) is 48.0 Å². The summed E-state index contributed by atoms with van der Waals surface area (Å²) in [5.74, 6) is 0.697. The van der Waals surface area contributed by atoms with Gasteiger partial charge in [0.25, 0.3) is 0 Å². The Kier molecular flexibility index (Phi) is 11.2. The van der Waals surface area contributed by atoms with Gasteiger partial charge in [-0.2, -0.15) is 5.10 Å². The molecule has 0 spiro atoms. The third-order valence-corrected chi connectivity index (χ3v) is 8.44. The number of aromatic nitrogens is 5. The predicted octanol–water partition coefficient (Wildman–Crippen LogP) is 6.98. The number of nitrogens with two attached hydrogens (primary N) is 1. The van der Waals surface area contributed by atoms with Crippen molar-refractivity contribution in [2.75, 3.05) is 31.9 Å². The lowest BCUT2D eigenvalue weighted by Crippen LogP contribution is -2.42. The number of hydrogen-bond donors (Lipinski definition) is 1. The van der Waals surface area contributed by atoms with Gasteiger partial charge in [-0.1, -0.05) is 11.6 Å². The molecule has 1 fully saturated rings. The fraction of sp³-hybridized carbons (Fsp3) is 0.629. The van der Waals surface area contributed by atoms with Gasteiger partial charge in [0, 0.05) is 57.2 Å². The molecule has 3 aromatic heterocycles. The van der Waals surface area contributed by atoms with Crippen LogP contribution < -0.4 is 5.73 Å². The van der Waals surface area contributed by atoms with Gasteiger partial charge in [-0.3, -0.25) is 4.68 Å². The first-order chi connectivity index (χ1) is 22.0. The lowest BCUT2D eigenvalue weighted by molar-refractivity contribution is 0.0186. The average molecular weight is 651 g/mol. The number of aryl methyl sites for hydroxylation is 1. The van der Waals surface area contributed by atoms with Gasteiger partial charge in [-0.25, -0.2) is 19.6 Å².